The van der Waals surface area contributed by atoms with Crippen LogP contribution in [0.25, 0.3) is 100.0 Å². The molecule has 0 radical (unpaired) electrons. The van der Waals surface area contributed by atoms with E-state index in [0.717, 1.165) is 43.8 Å². The first kappa shape index (κ1) is 22.6. The van der Waals surface area contributed by atoms with Crippen LogP contribution in [-0.4, -0.2) is 24.1 Å². The van der Waals surface area contributed by atoms with Crippen molar-refractivity contribution in [2.45, 2.75) is 0 Å². The average Bonchev–Trinajstić information content (AvgIpc) is 3.90. The second-order valence-corrected chi connectivity index (χ2v) is 12.4. The lowest BCUT2D eigenvalue weighted by Gasteiger charge is -2.11. The molecule has 0 amide bonds. The molecule has 0 spiro atoms. The number of furan rings is 1. The largest absolute Gasteiger partial charge is 0.456 e. The second kappa shape index (κ2) is 10.7. The Labute approximate surface area is 299 Å². The van der Waals surface area contributed by atoms with Crippen LogP contribution in [0.2, 0.25) is 0 Å². The van der Waals surface area contributed by atoms with Gasteiger partial charge >= 0.3 is 0 Å². The molecule has 0 unspecified atom stereocenters. The standard InChI is InChI=1S/C45H27N5O/c1-2-12-30(13-3-1)49-37-18-8-6-16-33(37)36-26-28(23-25-40(36)49)43-46-44(29-22-24-35-34-17-7-11-21-41(34)51-42(35)27-29)48-45(47-43)50-38-19-9-4-14-31(38)32-15-5-10-20-39(32)50/h1-27H/i4D,5D,14D,15D,19D,20D. The Morgan fingerprint density at radius 1 is 0.431 bits per heavy atom. The molecule has 238 valence electrons. The summed E-state index contributed by atoms with van der Waals surface area (Å²) in [7, 11) is 0. The molecular weight excluding hydrogens is 627 g/mol. The van der Waals surface area contributed by atoms with Crippen LogP contribution in [0.5, 0.6) is 0 Å². The molecule has 0 N–H and O–H groups in total. The third-order valence-corrected chi connectivity index (χ3v) is 9.53. The molecule has 0 fully saturated rings. The van der Waals surface area contributed by atoms with Crippen LogP contribution in [0, 0.1) is 0 Å². The summed E-state index contributed by atoms with van der Waals surface area (Å²) in [6.07, 6.45) is 0. The maximum absolute atomic E-state index is 9.06. The van der Waals surface area contributed by atoms with E-state index in [2.05, 4.69) is 41.0 Å². The van der Waals surface area contributed by atoms with Crippen LogP contribution in [0.3, 0.4) is 0 Å². The number of hydrogen-bond donors (Lipinski definition) is 0. The predicted octanol–water partition coefficient (Wildman–Crippen LogP) is 11.3. The van der Waals surface area contributed by atoms with Crippen LogP contribution < -0.4 is 0 Å². The van der Waals surface area contributed by atoms with Crippen molar-refractivity contribution in [3.8, 4) is 34.4 Å². The quantitative estimate of drug-likeness (QED) is 0.189. The van der Waals surface area contributed by atoms with Gasteiger partial charge in [-0.15, -0.1) is 0 Å². The lowest BCUT2D eigenvalue weighted by Crippen LogP contribution is -2.06. The van der Waals surface area contributed by atoms with E-state index in [1.807, 2.05) is 78.9 Å². The minimum atomic E-state index is -0.214. The first-order chi connectivity index (χ1) is 27.7. The fourth-order valence-electron chi connectivity index (χ4n) is 7.27. The van der Waals surface area contributed by atoms with Gasteiger partial charge in [0.1, 0.15) is 11.2 Å². The molecule has 0 saturated carbocycles. The normalized spacial score (nSPS) is 13.6. The monoisotopic (exact) mass is 659 g/mol. The third-order valence-electron chi connectivity index (χ3n) is 9.53. The zero-order valence-electron chi connectivity index (χ0n) is 32.8. The molecular formula is C45H27N5O. The van der Waals surface area contributed by atoms with Crippen molar-refractivity contribution in [1.29, 1.82) is 0 Å². The van der Waals surface area contributed by atoms with E-state index in [1.54, 1.807) is 0 Å². The van der Waals surface area contributed by atoms with E-state index >= 15 is 0 Å². The van der Waals surface area contributed by atoms with Gasteiger partial charge < -0.3 is 8.98 Å². The first-order valence-electron chi connectivity index (χ1n) is 19.5. The SMILES string of the molecule is [2H]c1cc([2H])c2c(c1[2H])c1c([2H])c([2H])cc([2H])c1n2-c1nc(-c2ccc3c(c2)oc2ccccc23)nc(-c2ccc3c(c2)c2ccccc2n3-c2ccccc2)n1. The number of para-hydroxylation sites is 5. The molecule has 11 aromatic rings. The van der Waals surface area contributed by atoms with Crippen LogP contribution in [0.1, 0.15) is 8.22 Å². The predicted molar refractivity (Wildman–Crippen MR) is 207 cm³/mol. The van der Waals surface area contributed by atoms with Crippen LogP contribution in [0.15, 0.2) is 168 Å². The molecule has 0 atom stereocenters. The molecule has 0 aliphatic rings. The van der Waals surface area contributed by atoms with Gasteiger partial charge in [0.25, 0.3) is 0 Å². The van der Waals surface area contributed by atoms with Gasteiger partial charge in [0.15, 0.2) is 11.6 Å². The molecule has 6 heteroatoms. The lowest BCUT2D eigenvalue weighted by molar-refractivity contribution is 0.669. The van der Waals surface area contributed by atoms with E-state index in [0.29, 0.717) is 28.4 Å². The Morgan fingerprint density at radius 3 is 1.84 bits per heavy atom. The Kier molecular flexibility index (Phi) is 4.74. The number of fused-ring (bicyclic) bond motifs is 9. The molecule has 0 aliphatic heterocycles. The Balaban J connectivity index is 1.22. The molecule has 0 saturated heterocycles. The van der Waals surface area contributed by atoms with E-state index in [1.165, 1.54) is 16.7 Å². The zero-order chi connectivity index (χ0) is 38.7. The van der Waals surface area contributed by atoms with Crippen LogP contribution in [-0.2, 0) is 0 Å². The highest BCUT2D eigenvalue weighted by Gasteiger charge is 2.20. The van der Waals surface area contributed by atoms with Gasteiger partial charge in [0.2, 0.25) is 5.95 Å². The summed E-state index contributed by atoms with van der Waals surface area (Å²) in [6, 6.07) is 39.6. The van der Waals surface area contributed by atoms with Gasteiger partial charge in [-0.25, -0.2) is 4.98 Å². The summed E-state index contributed by atoms with van der Waals surface area (Å²) in [6.45, 7) is 0. The topological polar surface area (TPSA) is 61.7 Å². The number of rotatable bonds is 4. The number of hydrogen-bond acceptors (Lipinski definition) is 4. The lowest BCUT2D eigenvalue weighted by atomic mass is 10.1. The highest BCUT2D eigenvalue weighted by atomic mass is 16.3. The maximum Gasteiger partial charge on any atom is 0.238 e. The molecule has 51 heavy (non-hydrogen) atoms. The zero-order valence-corrected chi connectivity index (χ0v) is 26.8. The number of benzene rings is 7. The van der Waals surface area contributed by atoms with E-state index < -0.39 is 0 Å². The van der Waals surface area contributed by atoms with Gasteiger partial charge in [-0.05, 0) is 66.7 Å². The minimum absolute atomic E-state index is 0.0581. The van der Waals surface area contributed by atoms with Crippen molar-refractivity contribution in [2.24, 2.45) is 0 Å². The number of nitrogens with zero attached hydrogens (tertiary/aromatic N) is 5. The van der Waals surface area contributed by atoms with E-state index in [4.69, 9.17) is 27.6 Å². The van der Waals surface area contributed by atoms with Crippen molar-refractivity contribution in [3.63, 3.8) is 0 Å². The second-order valence-electron chi connectivity index (χ2n) is 12.4. The van der Waals surface area contributed by atoms with E-state index in [-0.39, 0.29) is 64.0 Å². The van der Waals surface area contributed by atoms with Crippen molar-refractivity contribution in [2.75, 3.05) is 0 Å². The maximum atomic E-state index is 9.06. The fraction of sp³-hybridized carbons (Fsp3) is 0. The smallest absolute Gasteiger partial charge is 0.238 e. The molecule has 11 rings (SSSR count). The Bertz CT molecular complexity index is 3430. The van der Waals surface area contributed by atoms with Crippen LogP contribution in [0.4, 0.5) is 0 Å². The van der Waals surface area contributed by atoms with Gasteiger partial charge in [-0.1, -0.05) is 97.0 Å². The Hall–Kier alpha value is -7.05. The molecule has 7 aromatic carbocycles. The summed E-state index contributed by atoms with van der Waals surface area (Å²) in [5.41, 5.74) is 6.12. The summed E-state index contributed by atoms with van der Waals surface area (Å²) in [4.78, 5) is 15.1. The summed E-state index contributed by atoms with van der Waals surface area (Å²) < 4.78 is 62.8. The summed E-state index contributed by atoms with van der Waals surface area (Å²) in [5, 5.41) is 4.20. The molecule has 4 aromatic heterocycles. The van der Waals surface area contributed by atoms with Crippen molar-refractivity contribution >= 4 is 65.6 Å². The van der Waals surface area contributed by atoms with Crippen LogP contribution >= 0.6 is 0 Å². The first-order valence-corrected chi connectivity index (χ1v) is 16.5. The highest BCUT2D eigenvalue weighted by Crippen LogP contribution is 2.37. The van der Waals surface area contributed by atoms with Crippen molar-refractivity contribution < 1.29 is 12.6 Å². The number of aromatic nitrogens is 5. The van der Waals surface area contributed by atoms with Crippen molar-refractivity contribution in [1.82, 2.24) is 24.1 Å². The summed E-state index contributed by atoms with van der Waals surface area (Å²) >= 11 is 0. The van der Waals surface area contributed by atoms with Gasteiger partial charge in [-0.2, -0.15) is 9.97 Å². The summed E-state index contributed by atoms with van der Waals surface area (Å²) in [5.74, 6) is 0.670. The molecule has 0 aliphatic carbocycles. The van der Waals surface area contributed by atoms with Gasteiger partial charge in [0.05, 0.1) is 30.3 Å². The average molecular weight is 660 g/mol. The molecule has 0 bridgehead atoms. The Morgan fingerprint density at radius 2 is 1.06 bits per heavy atom. The van der Waals surface area contributed by atoms with Gasteiger partial charge in [0, 0.05) is 49.1 Å². The molecule has 6 nitrogen and oxygen atoms in total. The fourth-order valence-corrected chi connectivity index (χ4v) is 7.27. The van der Waals surface area contributed by atoms with Gasteiger partial charge in [-0.3, -0.25) is 4.57 Å². The third kappa shape index (κ3) is 4.20. The van der Waals surface area contributed by atoms with E-state index in [9.17, 15) is 0 Å². The molecule has 4 heterocycles. The highest BCUT2D eigenvalue weighted by molar-refractivity contribution is 6.11. The minimum Gasteiger partial charge on any atom is -0.456 e. The van der Waals surface area contributed by atoms with Crippen molar-refractivity contribution in [3.05, 3.63) is 164 Å².